The zero-order chi connectivity index (χ0) is 21.4. The average molecular weight is 471 g/mol. The Morgan fingerprint density at radius 1 is 1.16 bits per heavy atom. The minimum absolute atomic E-state index is 0.0310. The van der Waals surface area contributed by atoms with Gasteiger partial charge < -0.3 is 9.47 Å². The van der Waals surface area contributed by atoms with Crippen LogP contribution in [0, 0.1) is 5.82 Å². The zero-order valence-corrected chi connectivity index (χ0v) is 19.1. The van der Waals surface area contributed by atoms with Crippen LogP contribution in [0.2, 0.25) is 0 Å². The molecule has 1 aliphatic heterocycles. The first-order chi connectivity index (χ1) is 15.1. The number of hydrogen-bond donors (Lipinski definition) is 0. The largest absolute Gasteiger partial charge is 0.330 e. The molecular formula is C22H19FN4OS3. The molecule has 31 heavy (non-hydrogen) atoms. The van der Waals surface area contributed by atoms with Crippen molar-refractivity contribution in [1.82, 2.24) is 19.7 Å². The van der Waals surface area contributed by atoms with E-state index in [-0.39, 0.29) is 23.5 Å². The molecule has 0 saturated heterocycles. The monoisotopic (exact) mass is 470 g/mol. The SMILES string of the molecule is Cn1c(SCC(=O)N2CCc3sccc3C2c2cccs2)nnc1-c1ccccc1F. The molecular weight excluding hydrogens is 451 g/mol. The first-order valence-electron chi connectivity index (χ1n) is 9.79. The minimum Gasteiger partial charge on any atom is -0.330 e. The maximum Gasteiger partial charge on any atom is 0.233 e. The van der Waals surface area contributed by atoms with Gasteiger partial charge >= 0.3 is 0 Å². The second-order valence-electron chi connectivity index (χ2n) is 7.19. The van der Waals surface area contributed by atoms with Crippen molar-refractivity contribution >= 4 is 40.3 Å². The molecule has 5 nitrogen and oxygen atoms in total. The summed E-state index contributed by atoms with van der Waals surface area (Å²) in [6.07, 6.45) is 0.882. The van der Waals surface area contributed by atoms with Crippen LogP contribution in [0.1, 0.15) is 21.4 Å². The van der Waals surface area contributed by atoms with Crippen molar-refractivity contribution in [3.8, 4) is 11.4 Å². The molecule has 1 atom stereocenters. The standard InChI is InChI=1S/C22H19FN4OS3/c1-26-21(14-5-2-3-6-16(14)23)24-25-22(26)31-13-19(28)27-10-8-17-15(9-12-30-17)20(27)18-7-4-11-29-18/h2-7,9,11-12,20H,8,10,13H2,1H3. The molecule has 1 aliphatic rings. The van der Waals surface area contributed by atoms with Gasteiger partial charge in [-0.25, -0.2) is 4.39 Å². The third-order valence-corrected chi connectivity index (χ3v) is 8.30. The lowest BCUT2D eigenvalue weighted by atomic mass is 9.98. The van der Waals surface area contributed by atoms with Crippen LogP contribution in [-0.2, 0) is 18.3 Å². The molecule has 0 bridgehead atoms. The number of benzene rings is 1. The first kappa shape index (κ1) is 20.4. The summed E-state index contributed by atoms with van der Waals surface area (Å²) in [6, 6.07) is 12.7. The molecule has 0 saturated carbocycles. The normalized spacial score (nSPS) is 15.8. The van der Waals surface area contributed by atoms with E-state index in [0.717, 1.165) is 6.42 Å². The summed E-state index contributed by atoms with van der Waals surface area (Å²) in [6.45, 7) is 0.703. The van der Waals surface area contributed by atoms with Gasteiger partial charge in [0, 0.05) is 23.3 Å². The van der Waals surface area contributed by atoms with E-state index in [9.17, 15) is 9.18 Å². The van der Waals surface area contributed by atoms with Crippen LogP contribution in [0.5, 0.6) is 0 Å². The Kier molecular flexibility index (Phi) is 5.64. The fourth-order valence-electron chi connectivity index (χ4n) is 3.87. The summed E-state index contributed by atoms with van der Waals surface area (Å²) in [5.74, 6) is 0.426. The van der Waals surface area contributed by atoms with Crippen molar-refractivity contribution in [3.05, 3.63) is 74.4 Å². The van der Waals surface area contributed by atoms with Crippen molar-refractivity contribution in [1.29, 1.82) is 0 Å². The van der Waals surface area contributed by atoms with Crippen molar-refractivity contribution < 1.29 is 9.18 Å². The van der Waals surface area contributed by atoms with Gasteiger partial charge in [0.2, 0.25) is 5.91 Å². The molecule has 0 N–H and O–H groups in total. The molecule has 5 rings (SSSR count). The van der Waals surface area contributed by atoms with Gasteiger partial charge in [0.1, 0.15) is 5.82 Å². The molecule has 1 amide bonds. The second-order valence-corrected chi connectivity index (χ2v) is 10.1. The zero-order valence-electron chi connectivity index (χ0n) is 16.7. The van der Waals surface area contributed by atoms with Crippen LogP contribution in [0.3, 0.4) is 0 Å². The highest BCUT2D eigenvalue weighted by atomic mass is 32.2. The number of fused-ring (bicyclic) bond motifs is 1. The molecule has 1 aromatic carbocycles. The molecule has 4 heterocycles. The van der Waals surface area contributed by atoms with Crippen LogP contribution in [0.15, 0.2) is 58.4 Å². The number of nitrogens with zero attached hydrogens (tertiary/aromatic N) is 4. The smallest absolute Gasteiger partial charge is 0.233 e. The van der Waals surface area contributed by atoms with Crippen LogP contribution in [-0.4, -0.2) is 37.9 Å². The Balaban J connectivity index is 1.35. The van der Waals surface area contributed by atoms with E-state index in [1.165, 1.54) is 33.1 Å². The van der Waals surface area contributed by atoms with E-state index in [4.69, 9.17) is 0 Å². The Morgan fingerprint density at radius 3 is 2.84 bits per heavy atom. The topological polar surface area (TPSA) is 51.0 Å². The van der Waals surface area contributed by atoms with Crippen molar-refractivity contribution in [2.45, 2.75) is 17.6 Å². The molecule has 3 aromatic heterocycles. The number of thioether (sulfide) groups is 1. The van der Waals surface area contributed by atoms with E-state index >= 15 is 0 Å². The third kappa shape index (κ3) is 3.81. The lowest BCUT2D eigenvalue weighted by Gasteiger charge is -2.35. The van der Waals surface area contributed by atoms with Crippen molar-refractivity contribution in [2.24, 2.45) is 7.05 Å². The first-order valence-corrected chi connectivity index (χ1v) is 12.5. The number of thiophene rings is 2. The molecule has 158 valence electrons. The van der Waals surface area contributed by atoms with Gasteiger partial charge in [0.05, 0.1) is 17.4 Å². The Morgan fingerprint density at radius 2 is 2.03 bits per heavy atom. The number of carbonyl (C=O) groups excluding carboxylic acids is 1. The van der Waals surface area contributed by atoms with Gasteiger partial charge in [-0.05, 0) is 47.0 Å². The van der Waals surface area contributed by atoms with E-state index in [1.807, 2.05) is 11.0 Å². The lowest BCUT2D eigenvalue weighted by Crippen LogP contribution is -2.40. The van der Waals surface area contributed by atoms with Crippen LogP contribution < -0.4 is 0 Å². The summed E-state index contributed by atoms with van der Waals surface area (Å²) >= 11 is 4.78. The maximum atomic E-state index is 14.1. The molecule has 0 aliphatic carbocycles. The number of carbonyl (C=O) groups is 1. The predicted molar refractivity (Wildman–Crippen MR) is 123 cm³/mol. The van der Waals surface area contributed by atoms with E-state index in [1.54, 1.807) is 52.5 Å². The molecule has 0 spiro atoms. The Hall–Kier alpha value is -2.49. The quantitative estimate of drug-likeness (QED) is 0.385. The third-order valence-electron chi connectivity index (χ3n) is 5.37. The van der Waals surface area contributed by atoms with Crippen LogP contribution >= 0.6 is 34.4 Å². The number of rotatable bonds is 5. The minimum atomic E-state index is -0.343. The fourth-order valence-corrected chi connectivity index (χ4v) is 6.42. The van der Waals surface area contributed by atoms with E-state index < -0.39 is 0 Å². The maximum absolute atomic E-state index is 14.1. The van der Waals surface area contributed by atoms with Gasteiger partial charge in [-0.1, -0.05) is 30.0 Å². The average Bonchev–Trinajstić information content (AvgIpc) is 3.53. The molecule has 4 aromatic rings. The fraction of sp³-hybridized carbons (Fsp3) is 0.227. The Bertz CT molecular complexity index is 1220. The second kappa shape index (κ2) is 8.57. The highest BCUT2D eigenvalue weighted by Gasteiger charge is 2.33. The van der Waals surface area contributed by atoms with E-state index in [2.05, 4.69) is 33.1 Å². The number of hydrogen-bond acceptors (Lipinski definition) is 6. The number of amides is 1. The summed E-state index contributed by atoms with van der Waals surface area (Å²) in [7, 11) is 1.79. The summed E-state index contributed by atoms with van der Waals surface area (Å²) < 4.78 is 15.9. The van der Waals surface area contributed by atoms with Crippen LogP contribution in [0.25, 0.3) is 11.4 Å². The molecule has 0 fully saturated rings. The van der Waals surface area contributed by atoms with Gasteiger partial charge in [-0.3, -0.25) is 4.79 Å². The lowest BCUT2D eigenvalue weighted by molar-refractivity contribution is -0.130. The highest BCUT2D eigenvalue weighted by Crippen LogP contribution is 2.40. The molecule has 9 heteroatoms. The summed E-state index contributed by atoms with van der Waals surface area (Å²) in [5, 5.41) is 13.1. The van der Waals surface area contributed by atoms with Gasteiger partial charge in [0.15, 0.2) is 11.0 Å². The predicted octanol–water partition coefficient (Wildman–Crippen LogP) is 5.01. The van der Waals surface area contributed by atoms with Crippen molar-refractivity contribution in [3.63, 3.8) is 0 Å². The molecule has 1 unspecified atom stereocenters. The van der Waals surface area contributed by atoms with Crippen LogP contribution in [0.4, 0.5) is 4.39 Å². The van der Waals surface area contributed by atoms with Crippen molar-refractivity contribution in [2.75, 3.05) is 12.3 Å². The number of aromatic nitrogens is 3. The van der Waals surface area contributed by atoms with E-state index in [0.29, 0.717) is 23.1 Å². The van der Waals surface area contributed by atoms with Gasteiger partial charge in [-0.15, -0.1) is 32.9 Å². The number of halogens is 1. The van der Waals surface area contributed by atoms with Gasteiger partial charge in [-0.2, -0.15) is 0 Å². The van der Waals surface area contributed by atoms with Gasteiger partial charge in [0.25, 0.3) is 0 Å². The summed E-state index contributed by atoms with van der Waals surface area (Å²) in [4.78, 5) is 17.8. The highest BCUT2D eigenvalue weighted by molar-refractivity contribution is 7.99. The summed E-state index contributed by atoms with van der Waals surface area (Å²) in [5.41, 5.74) is 1.63. The molecule has 0 radical (unpaired) electrons. The Labute approximate surface area is 191 Å².